The largest absolute Gasteiger partial charge is 0.478 e. The molecule has 0 aliphatic heterocycles. The third-order valence-corrected chi connectivity index (χ3v) is 2.27. The molecule has 1 atom stereocenters. The molecule has 16 heavy (non-hydrogen) atoms. The Hall–Kier alpha value is -1.27. The van der Waals surface area contributed by atoms with Gasteiger partial charge in [-0.3, -0.25) is 0 Å². The summed E-state index contributed by atoms with van der Waals surface area (Å²) in [6, 6.07) is 0.714. The molecular weight excluding hydrogens is 247 g/mol. The Labute approximate surface area is 93.6 Å². The number of carboxylic acids is 1. The van der Waals surface area contributed by atoms with Crippen molar-refractivity contribution < 1.29 is 23.1 Å². The summed E-state index contributed by atoms with van der Waals surface area (Å²) in [6.07, 6.45) is -4.67. The van der Waals surface area contributed by atoms with E-state index in [1.165, 1.54) is 0 Å². The molecule has 0 saturated heterocycles. The lowest BCUT2D eigenvalue weighted by molar-refractivity contribution is -0.149. The maximum atomic E-state index is 12.3. The van der Waals surface area contributed by atoms with Crippen LogP contribution in [0.3, 0.4) is 0 Å². The standard InChI is InChI=1S/C9H7ClF3NO2/c10-6-2-1-4(8(15)16)3-5(6)7(14)9(11,12)13/h1-3,7H,14H2,(H,15,16)/t7-/m1/s1. The predicted molar refractivity (Wildman–Crippen MR) is 51.4 cm³/mol. The summed E-state index contributed by atoms with van der Waals surface area (Å²) in [4.78, 5) is 10.6. The van der Waals surface area contributed by atoms with Gasteiger partial charge in [-0.05, 0) is 23.8 Å². The second kappa shape index (κ2) is 4.31. The molecular formula is C9H7ClF3NO2. The molecule has 0 fully saturated rings. The van der Waals surface area contributed by atoms with Gasteiger partial charge in [-0.25, -0.2) is 4.79 Å². The van der Waals surface area contributed by atoms with Crippen LogP contribution in [0.15, 0.2) is 18.2 Å². The van der Waals surface area contributed by atoms with E-state index < -0.39 is 23.8 Å². The molecule has 0 saturated carbocycles. The molecule has 1 aromatic rings. The smallest absolute Gasteiger partial charge is 0.407 e. The molecule has 3 N–H and O–H groups in total. The van der Waals surface area contributed by atoms with E-state index in [4.69, 9.17) is 22.4 Å². The fourth-order valence-corrected chi connectivity index (χ4v) is 1.33. The van der Waals surface area contributed by atoms with Crippen molar-refractivity contribution in [2.75, 3.05) is 0 Å². The second-order valence-corrected chi connectivity index (χ2v) is 3.47. The van der Waals surface area contributed by atoms with Gasteiger partial charge in [0, 0.05) is 5.02 Å². The number of hydrogen-bond donors (Lipinski definition) is 2. The minimum absolute atomic E-state index is 0.213. The SMILES string of the molecule is N[C@H](c1cc(C(=O)O)ccc1Cl)C(F)(F)F. The van der Waals surface area contributed by atoms with E-state index in [1.807, 2.05) is 0 Å². The summed E-state index contributed by atoms with van der Waals surface area (Å²) in [5.41, 5.74) is 4.20. The van der Waals surface area contributed by atoms with Crippen LogP contribution in [-0.2, 0) is 0 Å². The summed E-state index contributed by atoms with van der Waals surface area (Å²) in [5, 5.41) is 8.41. The Morgan fingerprint density at radius 1 is 1.44 bits per heavy atom. The first-order valence-corrected chi connectivity index (χ1v) is 4.46. The predicted octanol–water partition coefficient (Wildman–Crippen LogP) is 2.60. The first-order valence-electron chi connectivity index (χ1n) is 4.08. The third-order valence-electron chi connectivity index (χ3n) is 1.93. The van der Waals surface area contributed by atoms with Gasteiger partial charge in [0.15, 0.2) is 0 Å². The van der Waals surface area contributed by atoms with E-state index in [0.29, 0.717) is 0 Å². The van der Waals surface area contributed by atoms with Crippen molar-refractivity contribution in [3.8, 4) is 0 Å². The molecule has 1 aromatic carbocycles. The lowest BCUT2D eigenvalue weighted by Gasteiger charge is -2.17. The number of alkyl halides is 3. The zero-order valence-electron chi connectivity index (χ0n) is 7.75. The van der Waals surface area contributed by atoms with Crippen molar-refractivity contribution in [3.05, 3.63) is 34.3 Å². The van der Waals surface area contributed by atoms with Crippen LogP contribution in [0.1, 0.15) is 22.0 Å². The Morgan fingerprint density at radius 3 is 2.44 bits per heavy atom. The van der Waals surface area contributed by atoms with Crippen molar-refractivity contribution in [2.45, 2.75) is 12.2 Å². The molecule has 0 spiro atoms. The van der Waals surface area contributed by atoms with E-state index in [-0.39, 0.29) is 10.6 Å². The van der Waals surface area contributed by atoms with Crippen LogP contribution in [0.4, 0.5) is 13.2 Å². The molecule has 0 unspecified atom stereocenters. The van der Waals surface area contributed by atoms with E-state index in [2.05, 4.69) is 0 Å². The highest BCUT2D eigenvalue weighted by molar-refractivity contribution is 6.31. The van der Waals surface area contributed by atoms with Crippen LogP contribution < -0.4 is 5.73 Å². The number of benzene rings is 1. The van der Waals surface area contributed by atoms with Gasteiger partial charge >= 0.3 is 12.1 Å². The second-order valence-electron chi connectivity index (χ2n) is 3.06. The number of aromatic carboxylic acids is 1. The van der Waals surface area contributed by atoms with E-state index in [0.717, 1.165) is 18.2 Å². The van der Waals surface area contributed by atoms with Crippen molar-refractivity contribution in [1.29, 1.82) is 0 Å². The topological polar surface area (TPSA) is 63.3 Å². The highest BCUT2D eigenvalue weighted by Gasteiger charge is 2.39. The monoisotopic (exact) mass is 253 g/mol. The van der Waals surface area contributed by atoms with E-state index in [9.17, 15) is 18.0 Å². The van der Waals surface area contributed by atoms with Crippen LogP contribution in [0, 0.1) is 0 Å². The van der Waals surface area contributed by atoms with Crippen LogP contribution in [-0.4, -0.2) is 17.3 Å². The molecule has 88 valence electrons. The maximum absolute atomic E-state index is 12.3. The highest BCUT2D eigenvalue weighted by atomic mass is 35.5. The minimum atomic E-state index is -4.67. The fourth-order valence-electron chi connectivity index (χ4n) is 1.09. The van der Waals surface area contributed by atoms with E-state index >= 15 is 0 Å². The van der Waals surface area contributed by atoms with Crippen molar-refractivity contribution >= 4 is 17.6 Å². The average molecular weight is 254 g/mol. The molecule has 0 aliphatic carbocycles. The maximum Gasteiger partial charge on any atom is 0.407 e. The number of rotatable bonds is 2. The fraction of sp³-hybridized carbons (Fsp3) is 0.222. The van der Waals surface area contributed by atoms with Gasteiger partial charge in [0.1, 0.15) is 6.04 Å². The van der Waals surface area contributed by atoms with Gasteiger partial charge in [-0.2, -0.15) is 13.2 Å². The third kappa shape index (κ3) is 2.65. The van der Waals surface area contributed by atoms with E-state index in [1.54, 1.807) is 0 Å². The Bertz CT molecular complexity index is 420. The number of hydrogen-bond acceptors (Lipinski definition) is 2. The van der Waals surface area contributed by atoms with Gasteiger partial charge in [0.25, 0.3) is 0 Å². The van der Waals surface area contributed by atoms with Gasteiger partial charge in [-0.1, -0.05) is 11.6 Å². The molecule has 0 amide bonds. The summed E-state index contributed by atoms with van der Waals surface area (Å²) in [7, 11) is 0. The number of carbonyl (C=O) groups is 1. The van der Waals surface area contributed by atoms with Crippen LogP contribution >= 0.6 is 11.6 Å². The lowest BCUT2D eigenvalue weighted by Crippen LogP contribution is -2.28. The van der Waals surface area contributed by atoms with Gasteiger partial charge < -0.3 is 10.8 Å². The summed E-state index contributed by atoms with van der Waals surface area (Å²) in [5.74, 6) is -1.34. The van der Waals surface area contributed by atoms with Gasteiger partial charge in [0.05, 0.1) is 5.56 Å². The van der Waals surface area contributed by atoms with Crippen LogP contribution in [0.2, 0.25) is 5.02 Å². The normalized spacial score (nSPS) is 13.6. The molecule has 0 aliphatic rings. The Morgan fingerprint density at radius 2 is 2.00 bits per heavy atom. The molecule has 7 heteroatoms. The molecule has 0 radical (unpaired) electrons. The number of carboxylic acid groups (broad SMARTS) is 1. The van der Waals surface area contributed by atoms with Crippen molar-refractivity contribution in [1.82, 2.24) is 0 Å². The first-order chi connectivity index (χ1) is 7.23. The highest BCUT2D eigenvalue weighted by Crippen LogP contribution is 2.34. The molecule has 0 aromatic heterocycles. The summed E-state index contributed by atoms with van der Waals surface area (Å²) < 4.78 is 36.9. The number of nitrogens with two attached hydrogens (primary N) is 1. The van der Waals surface area contributed by atoms with Crippen LogP contribution in [0.5, 0.6) is 0 Å². The lowest BCUT2D eigenvalue weighted by atomic mass is 10.0. The molecule has 1 rings (SSSR count). The zero-order valence-corrected chi connectivity index (χ0v) is 8.51. The summed E-state index contributed by atoms with van der Waals surface area (Å²) in [6.45, 7) is 0. The van der Waals surface area contributed by atoms with Crippen molar-refractivity contribution in [3.63, 3.8) is 0 Å². The van der Waals surface area contributed by atoms with Gasteiger partial charge in [0.2, 0.25) is 0 Å². The number of halogens is 4. The van der Waals surface area contributed by atoms with Crippen molar-refractivity contribution in [2.24, 2.45) is 5.73 Å². The average Bonchev–Trinajstić information content (AvgIpc) is 2.15. The molecule has 0 heterocycles. The molecule has 3 nitrogen and oxygen atoms in total. The Kier molecular flexibility index (Phi) is 3.44. The minimum Gasteiger partial charge on any atom is -0.478 e. The molecule has 0 bridgehead atoms. The quantitative estimate of drug-likeness (QED) is 0.851. The first kappa shape index (κ1) is 12.8. The Balaban J connectivity index is 3.22. The van der Waals surface area contributed by atoms with Crippen LogP contribution in [0.25, 0.3) is 0 Å². The zero-order chi connectivity index (χ0) is 12.5. The summed E-state index contributed by atoms with van der Waals surface area (Å²) >= 11 is 5.53. The van der Waals surface area contributed by atoms with Gasteiger partial charge in [-0.15, -0.1) is 0 Å².